The summed E-state index contributed by atoms with van der Waals surface area (Å²) >= 11 is 0. The van der Waals surface area contributed by atoms with Crippen molar-refractivity contribution in [2.75, 3.05) is 25.1 Å². The largest absolute Gasteiger partial charge is 0.467 e. The number of benzene rings is 1. The van der Waals surface area contributed by atoms with Crippen molar-refractivity contribution < 1.29 is 28.3 Å². The number of urea groups is 1. The summed E-state index contributed by atoms with van der Waals surface area (Å²) in [6.07, 6.45) is 1.59. The molecule has 1 N–H and O–H groups in total. The van der Waals surface area contributed by atoms with Crippen LogP contribution in [0.15, 0.2) is 47.1 Å². The Kier molecular flexibility index (Phi) is 8.08. The quantitative estimate of drug-likeness (QED) is 0.661. The van der Waals surface area contributed by atoms with E-state index in [4.69, 9.17) is 13.9 Å². The van der Waals surface area contributed by atoms with Gasteiger partial charge in [0.1, 0.15) is 5.76 Å². The molecule has 28 heavy (non-hydrogen) atoms. The summed E-state index contributed by atoms with van der Waals surface area (Å²) < 4.78 is 15.1. The minimum absolute atomic E-state index is 0.0732. The van der Waals surface area contributed by atoms with Gasteiger partial charge >= 0.3 is 18.0 Å². The number of furan rings is 1. The van der Waals surface area contributed by atoms with Crippen LogP contribution in [0.2, 0.25) is 0 Å². The van der Waals surface area contributed by atoms with Gasteiger partial charge in [0.25, 0.3) is 0 Å². The van der Waals surface area contributed by atoms with Crippen molar-refractivity contribution in [3.63, 3.8) is 0 Å². The molecule has 0 fully saturated rings. The number of nitrogens with zero attached hydrogens (tertiary/aromatic N) is 1. The number of hydrogen-bond acceptors (Lipinski definition) is 6. The highest BCUT2D eigenvalue weighted by atomic mass is 16.5. The van der Waals surface area contributed by atoms with Crippen molar-refractivity contribution in [1.29, 1.82) is 0 Å². The summed E-state index contributed by atoms with van der Waals surface area (Å²) in [4.78, 5) is 37.4. The highest BCUT2D eigenvalue weighted by Crippen LogP contribution is 2.13. The summed E-state index contributed by atoms with van der Waals surface area (Å²) in [7, 11) is 0. The van der Waals surface area contributed by atoms with Crippen molar-refractivity contribution >= 4 is 23.7 Å². The first kappa shape index (κ1) is 21.0. The normalized spacial score (nSPS) is 10.2. The third kappa shape index (κ3) is 6.46. The van der Waals surface area contributed by atoms with Gasteiger partial charge in [0.05, 0.1) is 38.0 Å². The fourth-order valence-corrected chi connectivity index (χ4v) is 2.41. The molecule has 0 radical (unpaired) electrons. The second kappa shape index (κ2) is 10.8. The molecular formula is C20H24N2O6. The van der Waals surface area contributed by atoms with E-state index in [1.807, 2.05) is 0 Å². The number of ether oxygens (including phenoxy) is 2. The molecule has 0 bridgehead atoms. The molecule has 0 aliphatic rings. The molecular weight excluding hydrogens is 364 g/mol. The number of carbonyl (C=O) groups is 3. The Morgan fingerprint density at radius 2 is 1.75 bits per heavy atom. The second-order valence-electron chi connectivity index (χ2n) is 5.78. The molecule has 1 aromatic carbocycles. The SMILES string of the molecule is CCOC(=O)CCN(Cc1ccco1)C(=O)Nc1ccc(C(=O)OCC)cc1. The molecule has 2 aromatic rings. The van der Waals surface area contributed by atoms with Crippen LogP contribution in [0.1, 0.15) is 36.4 Å². The lowest BCUT2D eigenvalue weighted by molar-refractivity contribution is -0.143. The van der Waals surface area contributed by atoms with E-state index in [-0.39, 0.29) is 32.1 Å². The molecule has 0 atom stereocenters. The Hall–Kier alpha value is -3.29. The van der Waals surface area contributed by atoms with Crippen molar-refractivity contribution in [3.05, 3.63) is 54.0 Å². The van der Waals surface area contributed by atoms with Gasteiger partial charge in [-0.3, -0.25) is 4.79 Å². The average molecular weight is 388 g/mol. The predicted molar refractivity (Wildman–Crippen MR) is 102 cm³/mol. The number of amides is 2. The van der Waals surface area contributed by atoms with Crippen molar-refractivity contribution in [2.24, 2.45) is 0 Å². The van der Waals surface area contributed by atoms with Gasteiger partial charge in [-0.25, -0.2) is 9.59 Å². The summed E-state index contributed by atoms with van der Waals surface area (Å²) in [6.45, 7) is 4.42. The number of esters is 2. The summed E-state index contributed by atoms with van der Waals surface area (Å²) in [5, 5.41) is 2.75. The molecule has 0 aliphatic carbocycles. The number of hydrogen-bond donors (Lipinski definition) is 1. The number of carbonyl (C=O) groups excluding carboxylic acids is 3. The molecule has 0 saturated carbocycles. The van der Waals surface area contributed by atoms with Crippen LogP contribution >= 0.6 is 0 Å². The van der Waals surface area contributed by atoms with Crippen LogP contribution < -0.4 is 5.32 Å². The van der Waals surface area contributed by atoms with E-state index in [2.05, 4.69) is 5.32 Å². The van der Waals surface area contributed by atoms with Crippen LogP contribution in [0.4, 0.5) is 10.5 Å². The fraction of sp³-hybridized carbons (Fsp3) is 0.350. The molecule has 2 rings (SSSR count). The van der Waals surface area contributed by atoms with Gasteiger partial charge in [-0.2, -0.15) is 0 Å². The molecule has 0 saturated heterocycles. The Morgan fingerprint density at radius 3 is 2.36 bits per heavy atom. The van der Waals surface area contributed by atoms with Crippen LogP contribution in [0.25, 0.3) is 0 Å². The minimum Gasteiger partial charge on any atom is -0.467 e. The predicted octanol–water partition coefficient (Wildman–Crippen LogP) is 3.44. The lowest BCUT2D eigenvalue weighted by Crippen LogP contribution is -2.36. The average Bonchev–Trinajstić information content (AvgIpc) is 3.19. The lowest BCUT2D eigenvalue weighted by Gasteiger charge is -2.22. The summed E-state index contributed by atoms with van der Waals surface area (Å²) in [5.74, 6) is -0.204. The Bertz CT molecular complexity index is 771. The van der Waals surface area contributed by atoms with Gasteiger partial charge in [0.2, 0.25) is 0 Å². The summed E-state index contributed by atoms with van der Waals surface area (Å²) in [5.41, 5.74) is 0.910. The molecule has 8 heteroatoms. The molecule has 1 aromatic heterocycles. The first-order valence-electron chi connectivity index (χ1n) is 9.04. The van der Waals surface area contributed by atoms with E-state index in [9.17, 15) is 14.4 Å². The third-order valence-corrected chi connectivity index (χ3v) is 3.75. The third-order valence-electron chi connectivity index (χ3n) is 3.75. The van der Waals surface area contributed by atoms with Crippen LogP contribution in [-0.2, 0) is 20.8 Å². The molecule has 150 valence electrons. The van der Waals surface area contributed by atoms with Crippen LogP contribution in [0, 0.1) is 0 Å². The van der Waals surface area contributed by atoms with Gasteiger partial charge < -0.3 is 24.1 Å². The van der Waals surface area contributed by atoms with E-state index in [1.165, 1.54) is 11.2 Å². The molecule has 1 heterocycles. The topological polar surface area (TPSA) is 98.1 Å². The molecule has 8 nitrogen and oxygen atoms in total. The van der Waals surface area contributed by atoms with Crippen molar-refractivity contribution in [2.45, 2.75) is 26.8 Å². The maximum atomic E-state index is 12.7. The molecule has 0 aliphatic heterocycles. The molecule has 0 unspecified atom stereocenters. The Labute approximate surface area is 163 Å². The standard InChI is InChI=1S/C20H24N2O6/c1-3-26-18(23)11-12-22(14-17-6-5-13-28-17)20(25)21-16-9-7-15(8-10-16)19(24)27-4-2/h5-10,13H,3-4,11-12,14H2,1-2H3,(H,21,25). The highest BCUT2D eigenvalue weighted by molar-refractivity contribution is 5.92. The van der Waals surface area contributed by atoms with Crippen LogP contribution in [-0.4, -0.2) is 42.6 Å². The Balaban J connectivity index is 2.02. The number of rotatable bonds is 9. The smallest absolute Gasteiger partial charge is 0.338 e. The van der Waals surface area contributed by atoms with E-state index < -0.39 is 12.0 Å². The van der Waals surface area contributed by atoms with E-state index >= 15 is 0 Å². The van der Waals surface area contributed by atoms with Crippen LogP contribution in [0.5, 0.6) is 0 Å². The van der Waals surface area contributed by atoms with E-state index in [0.717, 1.165) is 0 Å². The first-order valence-corrected chi connectivity index (χ1v) is 9.04. The molecule has 0 spiro atoms. The number of nitrogens with one attached hydrogen (secondary N) is 1. The van der Waals surface area contributed by atoms with Gasteiger partial charge in [-0.05, 0) is 50.2 Å². The zero-order valence-corrected chi connectivity index (χ0v) is 16.0. The van der Waals surface area contributed by atoms with E-state index in [1.54, 1.807) is 50.2 Å². The monoisotopic (exact) mass is 388 g/mol. The van der Waals surface area contributed by atoms with Crippen LogP contribution in [0.3, 0.4) is 0 Å². The molecule has 2 amide bonds. The lowest BCUT2D eigenvalue weighted by atomic mass is 10.2. The van der Waals surface area contributed by atoms with Gasteiger partial charge in [-0.1, -0.05) is 0 Å². The van der Waals surface area contributed by atoms with Gasteiger partial charge in [0, 0.05) is 12.2 Å². The van der Waals surface area contributed by atoms with Gasteiger partial charge in [-0.15, -0.1) is 0 Å². The van der Waals surface area contributed by atoms with Crippen molar-refractivity contribution in [1.82, 2.24) is 4.90 Å². The Morgan fingerprint density at radius 1 is 1.04 bits per heavy atom. The summed E-state index contributed by atoms with van der Waals surface area (Å²) in [6, 6.07) is 9.45. The maximum Gasteiger partial charge on any atom is 0.338 e. The fourth-order valence-electron chi connectivity index (χ4n) is 2.41. The maximum absolute atomic E-state index is 12.7. The van der Waals surface area contributed by atoms with E-state index in [0.29, 0.717) is 23.6 Å². The van der Waals surface area contributed by atoms with Gasteiger partial charge in [0.15, 0.2) is 0 Å². The minimum atomic E-state index is -0.422. The highest BCUT2D eigenvalue weighted by Gasteiger charge is 2.18. The zero-order valence-electron chi connectivity index (χ0n) is 16.0. The zero-order chi connectivity index (χ0) is 20.4. The van der Waals surface area contributed by atoms with Crippen molar-refractivity contribution in [3.8, 4) is 0 Å². The second-order valence-corrected chi connectivity index (χ2v) is 5.78. The number of anilines is 1. The first-order chi connectivity index (χ1) is 13.5.